The van der Waals surface area contributed by atoms with Gasteiger partial charge in [-0.05, 0) is 49.2 Å². The van der Waals surface area contributed by atoms with E-state index >= 15 is 0 Å². The van der Waals surface area contributed by atoms with Gasteiger partial charge in [0, 0.05) is 24.0 Å². The van der Waals surface area contributed by atoms with Crippen LogP contribution in [0, 0.1) is 13.8 Å². The summed E-state index contributed by atoms with van der Waals surface area (Å²) in [4.78, 5) is 12.3. The average Bonchev–Trinajstić information content (AvgIpc) is 2.41. The molecule has 0 radical (unpaired) electrons. The molecular weight excluding hydrogens is 236 g/mol. The van der Waals surface area contributed by atoms with E-state index in [2.05, 4.69) is 10.6 Å². The third-order valence-corrected chi connectivity index (χ3v) is 3.15. The predicted octanol–water partition coefficient (Wildman–Crippen LogP) is 3.60. The third kappa shape index (κ3) is 2.94. The van der Waals surface area contributed by atoms with Crippen molar-refractivity contribution in [1.29, 1.82) is 0 Å². The number of amides is 1. The number of para-hydroxylation sites is 1. The molecule has 0 saturated heterocycles. The van der Waals surface area contributed by atoms with Crippen molar-refractivity contribution in [2.24, 2.45) is 0 Å². The molecule has 0 bridgehead atoms. The summed E-state index contributed by atoms with van der Waals surface area (Å²) < 4.78 is 0. The molecule has 2 rings (SSSR count). The Morgan fingerprint density at radius 3 is 2.37 bits per heavy atom. The molecule has 0 atom stereocenters. The minimum Gasteiger partial charge on any atom is -0.388 e. The summed E-state index contributed by atoms with van der Waals surface area (Å²) in [5.74, 6) is -0.0746. The van der Waals surface area contributed by atoms with Crippen molar-refractivity contribution in [3.63, 3.8) is 0 Å². The molecule has 0 aliphatic heterocycles. The quantitative estimate of drug-likeness (QED) is 0.878. The molecule has 0 heterocycles. The van der Waals surface area contributed by atoms with E-state index in [0.29, 0.717) is 5.56 Å². The van der Waals surface area contributed by atoms with Gasteiger partial charge in [-0.1, -0.05) is 18.2 Å². The average molecular weight is 254 g/mol. The lowest BCUT2D eigenvalue weighted by Crippen LogP contribution is -2.14. The highest BCUT2D eigenvalue weighted by molar-refractivity contribution is 6.05. The highest BCUT2D eigenvalue weighted by Crippen LogP contribution is 2.18. The van der Waals surface area contributed by atoms with Gasteiger partial charge in [-0.25, -0.2) is 0 Å². The number of nitrogens with one attached hydrogen (secondary N) is 2. The summed E-state index contributed by atoms with van der Waals surface area (Å²) in [6.07, 6.45) is 0. The lowest BCUT2D eigenvalue weighted by atomic mass is 10.1. The molecule has 2 N–H and O–H groups in total. The Hall–Kier alpha value is -2.29. The maximum absolute atomic E-state index is 12.3. The molecule has 98 valence electrons. The Labute approximate surface area is 113 Å². The maximum Gasteiger partial charge on any atom is 0.255 e. The summed E-state index contributed by atoms with van der Waals surface area (Å²) in [6.45, 7) is 3.92. The Bertz CT molecular complexity index is 605. The first-order valence-corrected chi connectivity index (χ1v) is 6.27. The van der Waals surface area contributed by atoms with Crippen LogP contribution in [0.25, 0.3) is 0 Å². The molecule has 0 spiro atoms. The molecule has 2 aromatic rings. The van der Waals surface area contributed by atoms with E-state index in [9.17, 15) is 4.79 Å². The maximum atomic E-state index is 12.3. The van der Waals surface area contributed by atoms with Gasteiger partial charge in [0.1, 0.15) is 0 Å². The van der Waals surface area contributed by atoms with Gasteiger partial charge in [0.05, 0.1) is 0 Å². The SMILES string of the molecule is CNc1ccc(C(=O)Nc2ccccc2C)c(C)c1. The number of hydrogen-bond acceptors (Lipinski definition) is 2. The van der Waals surface area contributed by atoms with E-state index in [-0.39, 0.29) is 5.91 Å². The molecule has 0 aliphatic carbocycles. The zero-order chi connectivity index (χ0) is 13.8. The second-order valence-electron chi connectivity index (χ2n) is 4.55. The Balaban J connectivity index is 2.23. The van der Waals surface area contributed by atoms with Crippen molar-refractivity contribution in [3.8, 4) is 0 Å². The number of aryl methyl sites for hydroxylation is 2. The Morgan fingerprint density at radius 2 is 1.74 bits per heavy atom. The summed E-state index contributed by atoms with van der Waals surface area (Å²) in [7, 11) is 1.86. The second kappa shape index (κ2) is 5.57. The van der Waals surface area contributed by atoms with Crippen LogP contribution >= 0.6 is 0 Å². The van der Waals surface area contributed by atoms with E-state index < -0.39 is 0 Å². The van der Waals surface area contributed by atoms with Gasteiger partial charge in [-0.2, -0.15) is 0 Å². The van der Waals surface area contributed by atoms with Crippen molar-refractivity contribution in [3.05, 3.63) is 59.2 Å². The molecule has 2 aromatic carbocycles. The number of carbonyl (C=O) groups excluding carboxylic acids is 1. The van der Waals surface area contributed by atoms with Crippen molar-refractivity contribution in [2.75, 3.05) is 17.7 Å². The molecular formula is C16H18N2O. The van der Waals surface area contributed by atoms with Crippen LogP contribution in [0.5, 0.6) is 0 Å². The largest absolute Gasteiger partial charge is 0.388 e. The highest BCUT2D eigenvalue weighted by Gasteiger charge is 2.10. The van der Waals surface area contributed by atoms with Gasteiger partial charge in [0.25, 0.3) is 5.91 Å². The van der Waals surface area contributed by atoms with Crippen LogP contribution in [0.2, 0.25) is 0 Å². The van der Waals surface area contributed by atoms with Crippen LogP contribution in [-0.2, 0) is 0 Å². The summed E-state index contributed by atoms with van der Waals surface area (Å²) in [5, 5.41) is 6.01. The first kappa shape index (κ1) is 13.1. The zero-order valence-corrected chi connectivity index (χ0v) is 11.4. The standard InChI is InChI=1S/C16H18N2O/c1-11-6-4-5-7-15(11)18-16(19)14-9-8-13(17-3)10-12(14)2/h4-10,17H,1-3H3,(H,18,19). The minimum atomic E-state index is -0.0746. The fourth-order valence-corrected chi connectivity index (χ4v) is 1.98. The van der Waals surface area contributed by atoms with Gasteiger partial charge in [-0.3, -0.25) is 4.79 Å². The van der Waals surface area contributed by atoms with Gasteiger partial charge in [-0.15, -0.1) is 0 Å². The van der Waals surface area contributed by atoms with Crippen LogP contribution in [-0.4, -0.2) is 13.0 Å². The van der Waals surface area contributed by atoms with E-state index in [4.69, 9.17) is 0 Å². The molecule has 0 saturated carbocycles. The van der Waals surface area contributed by atoms with Crippen molar-refractivity contribution < 1.29 is 4.79 Å². The van der Waals surface area contributed by atoms with E-state index in [1.54, 1.807) is 0 Å². The zero-order valence-electron chi connectivity index (χ0n) is 11.4. The van der Waals surface area contributed by atoms with E-state index in [1.165, 1.54) is 0 Å². The number of anilines is 2. The molecule has 1 amide bonds. The lowest BCUT2D eigenvalue weighted by molar-refractivity contribution is 0.102. The first-order chi connectivity index (χ1) is 9.11. The second-order valence-corrected chi connectivity index (χ2v) is 4.55. The van der Waals surface area contributed by atoms with Gasteiger partial charge in [0.2, 0.25) is 0 Å². The molecule has 19 heavy (non-hydrogen) atoms. The number of benzene rings is 2. The fourth-order valence-electron chi connectivity index (χ4n) is 1.98. The van der Waals surface area contributed by atoms with Crippen molar-refractivity contribution >= 4 is 17.3 Å². The van der Waals surface area contributed by atoms with Crippen molar-refractivity contribution in [1.82, 2.24) is 0 Å². The van der Waals surface area contributed by atoms with Crippen LogP contribution < -0.4 is 10.6 Å². The van der Waals surface area contributed by atoms with Gasteiger partial charge < -0.3 is 10.6 Å². The normalized spacial score (nSPS) is 10.1. The summed E-state index contributed by atoms with van der Waals surface area (Å²) in [5.41, 5.74) is 4.56. The van der Waals surface area contributed by atoms with Gasteiger partial charge in [0.15, 0.2) is 0 Å². The molecule has 0 unspecified atom stereocenters. The fraction of sp³-hybridized carbons (Fsp3) is 0.188. The molecule has 0 aliphatic rings. The number of carbonyl (C=O) groups is 1. The van der Waals surface area contributed by atoms with Crippen molar-refractivity contribution in [2.45, 2.75) is 13.8 Å². The van der Waals surface area contributed by atoms with E-state index in [0.717, 1.165) is 22.5 Å². The smallest absolute Gasteiger partial charge is 0.255 e. The van der Waals surface area contributed by atoms with Gasteiger partial charge >= 0.3 is 0 Å². The van der Waals surface area contributed by atoms with Crippen LogP contribution in [0.15, 0.2) is 42.5 Å². The molecule has 0 fully saturated rings. The summed E-state index contributed by atoms with van der Waals surface area (Å²) >= 11 is 0. The molecule has 0 aromatic heterocycles. The molecule has 3 nitrogen and oxygen atoms in total. The summed E-state index contributed by atoms with van der Waals surface area (Å²) in [6, 6.07) is 13.5. The van der Waals surface area contributed by atoms with Crippen LogP contribution in [0.4, 0.5) is 11.4 Å². The highest BCUT2D eigenvalue weighted by atomic mass is 16.1. The van der Waals surface area contributed by atoms with Crippen LogP contribution in [0.1, 0.15) is 21.5 Å². The topological polar surface area (TPSA) is 41.1 Å². The predicted molar refractivity (Wildman–Crippen MR) is 79.9 cm³/mol. The number of rotatable bonds is 3. The lowest BCUT2D eigenvalue weighted by Gasteiger charge is -2.11. The Morgan fingerprint density at radius 1 is 1.00 bits per heavy atom. The monoisotopic (exact) mass is 254 g/mol. The third-order valence-electron chi connectivity index (χ3n) is 3.15. The van der Waals surface area contributed by atoms with Crippen LogP contribution in [0.3, 0.4) is 0 Å². The Kier molecular flexibility index (Phi) is 3.85. The van der Waals surface area contributed by atoms with E-state index in [1.807, 2.05) is 63.4 Å². The molecule has 3 heteroatoms. The first-order valence-electron chi connectivity index (χ1n) is 6.27. The minimum absolute atomic E-state index is 0.0746. The number of hydrogen-bond donors (Lipinski definition) is 2.